The number of piperazine rings is 1. The van der Waals surface area contributed by atoms with Gasteiger partial charge in [0.25, 0.3) is 5.91 Å². The lowest BCUT2D eigenvalue weighted by atomic mass is 9.95. The molecule has 0 aromatic heterocycles. The second kappa shape index (κ2) is 9.55. The molecule has 0 radical (unpaired) electrons. The molecule has 0 N–H and O–H groups in total. The van der Waals surface area contributed by atoms with Gasteiger partial charge < -0.3 is 14.5 Å². The Morgan fingerprint density at radius 3 is 2.41 bits per heavy atom. The number of anilines is 1. The van der Waals surface area contributed by atoms with Crippen molar-refractivity contribution >= 4 is 11.6 Å². The van der Waals surface area contributed by atoms with Crippen LogP contribution >= 0.6 is 0 Å². The molecular formula is C23H31F4N3O2. The third kappa shape index (κ3) is 5.36. The van der Waals surface area contributed by atoms with Gasteiger partial charge in [0, 0.05) is 44.5 Å². The number of nitrogens with zero attached hydrogens (tertiary/aromatic N) is 3. The monoisotopic (exact) mass is 457 g/mol. The van der Waals surface area contributed by atoms with E-state index in [4.69, 9.17) is 4.74 Å². The number of piperidine rings is 1. The Bertz CT molecular complexity index is 803. The predicted molar refractivity (Wildman–Crippen MR) is 113 cm³/mol. The number of alkyl halides is 3. The third-order valence-corrected chi connectivity index (χ3v) is 6.90. The molecular weight excluding hydrogens is 426 g/mol. The van der Waals surface area contributed by atoms with Crippen LogP contribution in [0.4, 0.5) is 23.2 Å². The SMILES string of the molecule is CC1CCCN(C2CC[C@H](C(=O)N3CCN(c4cc(F)cc(C(F)(F)F)c4)CC3)OC2)C1. The minimum Gasteiger partial charge on any atom is -0.368 e. The molecule has 3 heterocycles. The van der Waals surface area contributed by atoms with Crippen LogP contribution in [0.1, 0.15) is 38.2 Å². The van der Waals surface area contributed by atoms with Gasteiger partial charge in [0.05, 0.1) is 12.2 Å². The van der Waals surface area contributed by atoms with E-state index < -0.39 is 23.7 Å². The highest BCUT2D eigenvalue weighted by atomic mass is 19.4. The molecule has 9 heteroatoms. The Balaban J connectivity index is 1.29. The Labute approximate surface area is 186 Å². The number of halogens is 4. The van der Waals surface area contributed by atoms with Gasteiger partial charge in [-0.1, -0.05) is 6.92 Å². The van der Waals surface area contributed by atoms with E-state index in [2.05, 4.69) is 11.8 Å². The highest BCUT2D eigenvalue weighted by molar-refractivity contribution is 5.81. The molecule has 32 heavy (non-hydrogen) atoms. The largest absolute Gasteiger partial charge is 0.416 e. The number of rotatable bonds is 3. The van der Waals surface area contributed by atoms with Crippen molar-refractivity contribution in [3.05, 3.63) is 29.6 Å². The first kappa shape index (κ1) is 23.3. The first-order valence-electron chi connectivity index (χ1n) is 11.5. The molecule has 0 saturated carbocycles. The van der Waals surface area contributed by atoms with Crippen molar-refractivity contribution in [2.75, 3.05) is 50.8 Å². The van der Waals surface area contributed by atoms with Crippen molar-refractivity contribution in [1.29, 1.82) is 0 Å². The van der Waals surface area contributed by atoms with Crippen LogP contribution in [0.25, 0.3) is 0 Å². The standard InChI is InChI=1S/C23H31F4N3O2/c1-16-3-2-6-30(14-16)19-4-5-21(32-15-19)22(31)29-9-7-28(8-10-29)20-12-17(23(25,26)27)11-18(24)13-20/h11-13,16,19,21H,2-10,14-15H2,1H3/t16?,19?,21-/m1/s1. The minimum atomic E-state index is -4.60. The third-order valence-electron chi connectivity index (χ3n) is 6.90. The van der Waals surface area contributed by atoms with Crippen molar-refractivity contribution in [2.45, 2.75) is 50.9 Å². The van der Waals surface area contributed by atoms with Gasteiger partial charge in [-0.05, 0) is 56.3 Å². The fourth-order valence-electron chi connectivity index (χ4n) is 5.09. The topological polar surface area (TPSA) is 36.0 Å². The number of ether oxygens (including phenoxy) is 1. The molecule has 1 aromatic rings. The van der Waals surface area contributed by atoms with E-state index in [1.165, 1.54) is 12.8 Å². The fraction of sp³-hybridized carbons (Fsp3) is 0.696. The number of hydrogen-bond donors (Lipinski definition) is 0. The number of amides is 1. The molecule has 1 aromatic carbocycles. The van der Waals surface area contributed by atoms with Crippen molar-refractivity contribution in [3.63, 3.8) is 0 Å². The second-order valence-electron chi connectivity index (χ2n) is 9.30. The summed E-state index contributed by atoms with van der Waals surface area (Å²) in [6.07, 6.45) is -0.951. The van der Waals surface area contributed by atoms with Gasteiger partial charge in [-0.15, -0.1) is 0 Å². The summed E-state index contributed by atoms with van der Waals surface area (Å²) in [7, 11) is 0. The predicted octanol–water partition coefficient (Wildman–Crippen LogP) is 3.77. The van der Waals surface area contributed by atoms with Gasteiger partial charge >= 0.3 is 6.18 Å². The molecule has 4 rings (SSSR count). The van der Waals surface area contributed by atoms with E-state index in [0.29, 0.717) is 57.2 Å². The summed E-state index contributed by atoms with van der Waals surface area (Å²) in [6, 6.07) is 2.95. The zero-order valence-electron chi connectivity index (χ0n) is 18.4. The number of benzene rings is 1. The van der Waals surface area contributed by atoms with Crippen molar-refractivity contribution < 1.29 is 27.1 Å². The Hall–Kier alpha value is -1.87. The van der Waals surface area contributed by atoms with Gasteiger partial charge in [0.1, 0.15) is 11.9 Å². The average molecular weight is 458 g/mol. The van der Waals surface area contributed by atoms with Crippen LogP contribution in [0.5, 0.6) is 0 Å². The summed E-state index contributed by atoms with van der Waals surface area (Å²) < 4.78 is 58.7. The fourth-order valence-corrected chi connectivity index (χ4v) is 5.09. The van der Waals surface area contributed by atoms with Gasteiger partial charge in [-0.2, -0.15) is 13.2 Å². The summed E-state index contributed by atoms with van der Waals surface area (Å²) in [5, 5.41) is 0. The van der Waals surface area contributed by atoms with Crippen molar-refractivity contribution in [1.82, 2.24) is 9.80 Å². The van der Waals surface area contributed by atoms with E-state index in [1.807, 2.05) is 0 Å². The van der Waals surface area contributed by atoms with Crippen LogP contribution in [-0.2, 0) is 15.7 Å². The maximum absolute atomic E-state index is 13.7. The number of carbonyl (C=O) groups is 1. The molecule has 1 amide bonds. The van der Waals surface area contributed by atoms with Crippen LogP contribution in [-0.4, -0.2) is 73.7 Å². The molecule has 5 nitrogen and oxygen atoms in total. The highest BCUT2D eigenvalue weighted by Gasteiger charge is 2.35. The van der Waals surface area contributed by atoms with Crippen LogP contribution in [0, 0.1) is 11.7 Å². The molecule has 0 spiro atoms. The summed E-state index contributed by atoms with van der Waals surface area (Å²) in [5.74, 6) is -0.267. The van der Waals surface area contributed by atoms with E-state index in [-0.39, 0.29) is 11.6 Å². The van der Waals surface area contributed by atoms with Gasteiger partial charge in [0.2, 0.25) is 0 Å². The molecule has 3 aliphatic heterocycles. The maximum atomic E-state index is 13.7. The smallest absolute Gasteiger partial charge is 0.368 e. The van der Waals surface area contributed by atoms with Crippen molar-refractivity contribution in [2.24, 2.45) is 5.92 Å². The Morgan fingerprint density at radius 1 is 1.03 bits per heavy atom. The zero-order chi connectivity index (χ0) is 22.9. The first-order valence-corrected chi connectivity index (χ1v) is 11.5. The van der Waals surface area contributed by atoms with E-state index in [1.54, 1.807) is 9.80 Å². The summed E-state index contributed by atoms with van der Waals surface area (Å²) in [4.78, 5) is 18.8. The Kier molecular flexibility index (Phi) is 6.95. The zero-order valence-corrected chi connectivity index (χ0v) is 18.4. The molecule has 3 atom stereocenters. The van der Waals surface area contributed by atoms with Crippen LogP contribution in [0.15, 0.2) is 18.2 Å². The van der Waals surface area contributed by atoms with E-state index >= 15 is 0 Å². The van der Waals surface area contributed by atoms with E-state index in [9.17, 15) is 22.4 Å². The van der Waals surface area contributed by atoms with Gasteiger partial charge in [-0.3, -0.25) is 9.69 Å². The quantitative estimate of drug-likeness (QED) is 0.648. The maximum Gasteiger partial charge on any atom is 0.416 e. The average Bonchev–Trinajstić information content (AvgIpc) is 2.78. The lowest BCUT2D eigenvalue weighted by molar-refractivity contribution is -0.150. The minimum absolute atomic E-state index is 0.0506. The highest BCUT2D eigenvalue weighted by Crippen LogP contribution is 2.33. The normalized spacial score (nSPS) is 28.1. The Morgan fingerprint density at radius 2 is 1.78 bits per heavy atom. The molecule has 3 aliphatic rings. The molecule has 2 unspecified atom stereocenters. The molecule has 3 saturated heterocycles. The molecule has 3 fully saturated rings. The van der Waals surface area contributed by atoms with Gasteiger partial charge in [-0.25, -0.2) is 4.39 Å². The lowest BCUT2D eigenvalue weighted by Gasteiger charge is -2.42. The van der Waals surface area contributed by atoms with Crippen LogP contribution in [0.3, 0.4) is 0 Å². The van der Waals surface area contributed by atoms with Crippen LogP contribution < -0.4 is 4.90 Å². The summed E-state index contributed by atoms with van der Waals surface area (Å²) in [6.45, 7) is 6.48. The summed E-state index contributed by atoms with van der Waals surface area (Å²) in [5.41, 5.74) is -0.809. The lowest BCUT2D eigenvalue weighted by Crippen LogP contribution is -2.54. The second-order valence-corrected chi connectivity index (χ2v) is 9.30. The molecule has 178 valence electrons. The molecule has 0 bridgehead atoms. The number of hydrogen-bond acceptors (Lipinski definition) is 4. The van der Waals surface area contributed by atoms with Crippen LogP contribution in [0.2, 0.25) is 0 Å². The number of likely N-dealkylation sites (tertiary alicyclic amines) is 1. The van der Waals surface area contributed by atoms with E-state index in [0.717, 1.165) is 31.6 Å². The van der Waals surface area contributed by atoms with Gasteiger partial charge in [0.15, 0.2) is 0 Å². The number of carbonyl (C=O) groups excluding carboxylic acids is 1. The first-order chi connectivity index (χ1) is 15.2. The molecule has 0 aliphatic carbocycles. The van der Waals surface area contributed by atoms with Crippen molar-refractivity contribution in [3.8, 4) is 0 Å². The summed E-state index contributed by atoms with van der Waals surface area (Å²) >= 11 is 0.